The maximum absolute atomic E-state index is 12.8. The number of piperidine rings is 1. The molecule has 2 aromatic rings. The van der Waals surface area contributed by atoms with Gasteiger partial charge in [0, 0.05) is 29.2 Å². The van der Waals surface area contributed by atoms with Gasteiger partial charge in [0.25, 0.3) is 5.91 Å². The molecule has 2 aromatic carbocycles. The minimum absolute atomic E-state index is 0.0727. The molecule has 0 aromatic heterocycles. The monoisotopic (exact) mass is 373 g/mol. The number of halogens is 1. The van der Waals surface area contributed by atoms with Crippen LogP contribution in [0.15, 0.2) is 42.5 Å². The van der Waals surface area contributed by atoms with Crippen molar-refractivity contribution >= 4 is 17.5 Å². The molecule has 1 saturated heterocycles. The number of carbonyl (C=O) groups excluding carboxylic acids is 1. The second-order valence-corrected chi connectivity index (χ2v) is 7.18. The molecule has 0 aliphatic carbocycles. The molecule has 3 rings (SSSR count). The zero-order valence-corrected chi connectivity index (χ0v) is 16.0. The first-order chi connectivity index (χ1) is 12.6. The molecule has 1 amide bonds. The Kier molecular flexibility index (Phi) is 6.04. The third-order valence-corrected chi connectivity index (χ3v) is 5.02. The fraction of sp³-hybridized carbons (Fsp3) is 0.381. The van der Waals surface area contributed by atoms with E-state index in [0.29, 0.717) is 34.6 Å². The van der Waals surface area contributed by atoms with E-state index in [-0.39, 0.29) is 5.91 Å². The summed E-state index contributed by atoms with van der Waals surface area (Å²) in [5.74, 6) is 2.15. The van der Waals surface area contributed by atoms with Gasteiger partial charge in [-0.2, -0.15) is 0 Å². The molecule has 0 spiro atoms. The van der Waals surface area contributed by atoms with Gasteiger partial charge in [-0.25, -0.2) is 0 Å². The number of methoxy groups -OCH3 is 1. The summed E-state index contributed by atoms with van der Waals surface area (Å²) in [6.07, 6.45) is 2.12. The van der Waals surface area contributed by atoms with Gasteiger partial charge in [0.05, 0.1) is 7.11 Å². The van der Waals surface area contributed by atoms with Crippen LogP contribution < -0.4 is 9.47 Å². The van der Waals surface area contributed by atoms with Gasteiger partial charge in [0.1, 0.15) is 18.1 Å². The number of hydrogen-bond acceptors (Lipinski definition) is 3. The highest BCUT2D eigenvalue weighted by Gasteiger charge is 2.22. The number of amides is 1. The largest absolute Gasteiger partial charge is 0.496 e. The Morgan fingerprint density at radius 3 is 2.65 bits per heavy atom. The van der Waals surface area contributed by atoms with Crippen molar-refractivity contribution in [1.29, 1.82) is 0 Å². The summed E-state index contributed by atoms with van der Waals surface area (Å²) in [6, 6.07) is 12.8. The highest BCUT2D eigenvalue weighted by molar-refractivity contribution is 6.30. The molecular formula is C21H24ClNO3. The standard InChI is InChI=1S/C21H24ClNO3/c1-15-8-10-23(11-9-15)21(24)16-6-7-20(25-2)17(12-16)14-26-19-5-3-4-18(22)13-19/h3-7,12-13,15H,8-11,14H2,1-2H3. The van der Waals surface area contributed by atoms with Gasteiger partial charge < -0.3 is 14.4 Å². The second-order valence-electron chi connectivity index (χ2n) is 6.75. The van der Waals surface area contributed by atoms with E-state index in [1.807, 2.05) is 35.2 Å². The molecule has 138 valence electrons. The SMILES string of the molecule is COc1ccc(C(=O)N2CCC(C)CC2)cc1COc1cccc(Cl)c1. The first kappa shape index (κ1) is 18.6. The smallest absolute Gasteiger partial charge is 0.253 e. The molecule has 5 heteroatoms. The molecular weight excluding hydrogens is 350 g/mol. The lowest BCUT2D eigenvalue weighted by atomic mass is 9.98. The number of nitrogens with zero attached hydrogens (tertiary/aromatic N) is 1. The van der Waals surface area contributed by atoms with Crippen LogP contribution >= 0.6 is 11.6 Å². The fourth-order valence-electron chi connectivity index (χ4n) is 3.14. The van der Waals surface area contributed by atoms with Crippen LogP contribution in [0.5, 0.6) is 11.5 Å². The summed E-state index contributed by atoms with van der Waals surface area (Å²) < 4.78 is 11.2. The summed E-state index contributed by atoms with van der Waals surface area (Å²) in [6.45, 7) is 4.18. The summed E-state index contributed by atoms with van der Waals surface area (Å²) in [4.78, 5) is 14.7. The lowest BCUT2D eigenvalue weighted by Crippen LogP contribution is -2.37. The molecule has 0 unspecified atom stereocenters. The summed E-state index contributed by atoms with van der Waals surface area (Å²) in [7, 11) is 1.62. The van der Waals surface area contributed by atoms with Gasteiger partial charge in [0.2, 0.25) is 0 Å². The van der Waals surface area contributed by atoms with Gasteiger partial charge in [0.15, 0.2) is 0 Å². The molecule has 1 heterocycles. The Labute approximate surface area is 159 Å². The number of carbonyl (C=O) groups is 1. The zero-order chi connectivity index (χ0) is 18.5. The fourth-order valence-corrected chi connectivity index (χ4v) is 3.32. The van der Waals surface area contributed by atoms with Crippen molar-refractivity contribution in [1.82, 2.24) is 4.90 Å². The van der Waals surface area contributed by atoms with E-state index >= 15 is 0 Å². The van der Waals surface area contributed by atoms with Crippen molar-refractivity contribution in [2.75, 3.05) is 20.2 Å². The lowest BCUT2D eigenvalue weighted by molar-refractivity contribution is 0.0697. The molecule has 1 fully saturated rings. The third kappa shape index (κ3) is 4.50. The van der Waals surface area contributed by atoms with E-state index in [0.717, 1.165) is 31.5 Å². The summed E-state index contributed by atoms with van der Waals surface area (Å²) in [5.41, 5.74) is 1.51. The second kappa shape index (κ2) is 8.45. The van der Waals surface area contributed by atoms with Gasteiger partial charge in [-0.15, -0.1) is 0 Å². The zero-order valence-electron chi connectivity index (χ0n) is 15.2. The average molecular weight is 374 g/mol. The maximum Gasteiger partial charge on any atom is 0.253 e. The maximum atomic E-state index is 12.8. The number of ether oxygens (including phenoxy) is 2. The third-order valence-electron chi connectivity index (χ3n) is 4.79. The van der Waals surface area contributed by atoms with Crippen molar-refractivity contribution in [3.63, 3.8) is 0 Å². The van der Waals surface area contributed by atoms with Gasteiger partial charge in [-0.05, 0) is 55.2 Å². The van der Waals surface area contributed by atoms with Crippen molar-refractivity contribution < 1.29 is 14.3 Å². The molecule has 0 radical (unpaired) electrons. The van der Waals surface area contributed by atoms with E-state index in [2.05, 4.69) is 6.92 Å². The van der Waals surface area contributed by atoms with Crippen LogP contribution in [0, 0.1) is 5.92 Å². The van der Waals surface area contributed by atoms with Gasteiger partial charge in [-0.3, -0.25) is 4.79 Å². The quantitative estimate of drug-likeness (QED) is 0.755. The molecule has 4 nitrogen and oxygen atoms in total. The van der Waals surface area contributed by atoms with Gasteiger partial charge in [-0.1, -0.05) is 24.6 Å². The minimum atomic E-state index is 0.0727. The predicted molar refractivity (Wildman–Crippen MR) is 103 cm³/mol. The van der Waals surface area contributed by atoms with E-state index in [4.69, 9.17) is 21.1 Å². The van der Waals surface area contributed by atoms with Crippen molar-refractivity contribution in [2.24, 2.45) is 5.92 Å². The Balaban J connectivity index is 1.74. The number of benzene rings is 2. The van der Waals surface area contributed by atoms with E-state index in [1.165, 1.54) is 0 Å². The normalized spacial score (nSPS) is 15.0. The van der Waals surface area contributed by atoms with E-state index in [1.54, 1.807) is 19.2 Å². The van der Waals surface area contributed by atoms with Crippen LogP contribution in [-0.2, 0) is 6.61 Å². The number of likely N-dealkylation sites (tertiary alicyclic amines) is 1. The first-order valence-electron chi connectivity index (χ1n) is 8.91. The van der Waals surface area contributed by atoms with Crippen LogP contribution in [0.3, 0.4) is 0 Å². The van der Waals surface area contributed by atoms with Crippen molar-refractivity contribution in [3.05, 3.63) is 58.6 Å². The molecule has 0 bridgehead atoms. The summed E-state index contributed by atoms with van der Waals surface area (Å²) >= 11 is 5.99. The molecule has 26 heavy (non-hydrogen) atoms. The Morgan fingerprint density at radius 2 is 1.96 bits per heavy atom. The van der Waals surface area contributed by atoms with E-state index in [9.17, 15) is 4.79 Å². The van der Waals surface area contributed by atoms with Crippen molar-refractivity contribution in [2.45, 2.75) is 26.4 Å². The van der Waals surface area contributed by atoms with Crippen LogP contribution in [-0.4, -0.2) is 31.0 Å². The first-order valence-corrected chi connectivity index (χ1v) is 9.29. The Morgan fingerprint density at radius 1 is 1.19 bits per heavy atom. The highest BCUT2D eigenvalue weighted by atomic mass is 35.5. The average Bonchev–Trinajstić information content (AvgIpc) is 2.66. The van der Waals surface area contributed by atoms with Crippen LogP contribution in [0.2, 0.25) is 5.02 Å². The Hall–Kier alpha value is -2.20. The van der Waals surface area contributed by atoms with Crippen LogP contribution in [0.1, 0.15) is 35.7 Å². The molecule has 1 aliphatic heterocycles. The number of hydrogen-bond donors (Lipinski definition) is 0. The molecule has 0 N–H and O–H groups in total. The van der Waals surface area contributed by atoms with E-state index < -0.39 is 0 Å². The minimum Gasteiger partial charge on any atom is -0.496 e. The summed E-state index contributed by atoms with van der Waals surface area (Å²) in [5, 5.41) is 0.623. The molecule has 0 saturated carbocycles. The number of rotatable bonds is 5. The van der Waals surface area contributed by atoms with Crippen LogP contribution in [0.25, 0.3) is 0 Å². The topological polar surface area (TPSA) is 38.8 Å². The Bertz CT molecular complexity index is 770. The highest BCUT2D eigenvalue weighted by Crippen LogP contribution is 2.25. The predicted octanol–water partition coefficient (Wildman–Crippen LogP) is 4.80. The molecule has 1 aliphatic rings. The van der Waals surface area contributed by atoms with Gasteiger partial charge >= 0.3 is 0 Å². The van der Waals surface area contributed by atoms with Crippen molar-refractivity contribution in [3.8, 4) is 11.5 Å². The van der Waals surface area contributed by atoms with Crippen LogP contribution in [0.4, 0.5) is 0 Å². The lowest BCUT2D eigenvalue weighted by Gasteiger charge is -2.30. The molecule has 0 atom stereocenters.